The molecule has 2 aliphatic rings. The number of nitrogens with two attached hydrogens (primary N) is 1. The van der Waals surface area contributed by atoms with E-state index in [1.54, 1.807) is 0 Å². The number of halogens is 1. The molecule has 1 aliphatic carbocycles. The molecule has 1 aromatic rings. The van der Waals surface area contributed by atoms with Crippen molar-refractivity contribution in [3.8, 4) is 0 Å². The first kappa shape index (κ1) is 15.3. The number of fused-ring (bicyclic) bond motifs is 1. The molecular weight excluding hydrogens is 313 g/mol. The Morgan fingerprint density at radius 2 is 2.05 bits per heavy atom. The van der Waals surface area contributed by atoms with Gasteiger partial charge in [0.15, 0.2) is 4.90 Å². The van der Waals surface area contributed by atoms with E-state index < -0.39 is 31.3 Å². The monoisotopic (exact) mass is 329 g/mol. The number of benzene rings is 1. The summed E-state index contributed by atoms with van der Waals surface area (Å²) in [5.41, 5.74) is 5.23. The summed E-state index contributed by atoms with van der Waals surface area (Å²) in [4.78, 5) is 9.29. The summed E-state index contributed by atoms with van der Waals surface area (Å²) in [5, 5.41) is 11.0. The van der Waals surface area contributed by atoms with Crippen LogP contribution in [0.3, 0.4) is 0 Å². The number of hydrogen-bond donors (Lipinski definition) is 1. The first-order valence-corrected chi connectivity index (χ1v) is 8.45. The van der Waals surface area contributed by atoms with Crippen LogP contribution in [0.25, 0.3) is 0 Å². The summed E-state index contributed by atoms with van der Waals surface area (Å²) in [6.45, 7) is 0.436. The standard InChI is InChI=1S/C13H16FN3O4S/c14-10-2-1-3-12(17(18)19)13(10)22(20,21)16-6-8-4-5-11(15)9(8)7-16/h1-3,8-9,11H,4-7,15H2. The largest absolute Gasteiger partial charge is 0.327 e. The zero-order chi connectivity index (χ0) is 16.1. The van der Waals surface area contributed by atoms with Gasteiger partial charge in [-0.1, -0.05) is 6.07 Å². The van der Waals surface area contributed by atoms with Crippen molar-refractivity contribution >= 4 is 15.7 Å². The predicted octanol–water partition coefficient (Wildman–Crippen LogP) is 1.09. The van der Waals surface area contributed by atoms with Gasteiger partial charge in [-0.25, -0.2) is 12.8 Å². The van der Waals surface area contributed by atoms with Gasteiger partial charge in [0.2, 0.25) is 0 Å². The molecule has 0 spiro atoms. The molecule has 3 unspecified atom stereocenters. The third-order valence-corrected chi connectivity index (χ3v) is 6.52. The van der Waals surface area contributed by atoms with Crippen molar-refractivity contribution in [1.82, 2.24) is 4.31 Å². The minimum Gasteiger partial charge on any atom is -0.327 e. The Labute approximate surface area is 127 Å². The highest BCUT2D eigenvalue weighted by molar-refractivity contribution is 7.89. The molecule has 0 amide bonds. The van der Waals surface area contributed by atoms with Crippen LogP contribution in [-0.2, 0) is 10.0 Å². The van der Waals surface area contributed by atoms with E-state index in [0.717, 1.165) is 35.3 Å². The number of rotatable bonds is 3. The maximum atomic E-state index is 14.0. The van der Waals surface area contributed by atoms with Crippen molar-refractivity contribution < 1.29 is 17.7 Å². The zero-order valence-corrected chi connectivity index (χ0v) is 12.5. The average Bonchev–Trinajstić information content (AvgIpc) is 3.01. The van der Waals surface area contributed by atoms with Crippen molar-refractivity contribution in [1.29, 1.82) is 0 Å². The normalized spacial score (nSPS) is 28.7. The molecule has 22 heavy (non-hydrogen) atoms. The van der Waals surface area contributed by atoms with Crippen molar-refractivity contribution in [2.75, 3.05) is 13.1 Å². The maximum Gasteiger partial charge on any atom is 0.292 e. The lowest BCUT2D eigenvalue weighted by atomic mass is 9.98. The quantitative estimate of drug-likeness (QED) is 0.660. The van der Waals surface area contributed by atoms with Crippen molar-refractivity contribution in [3.05, 3.63) is 34.1 Å². The molecule has 2 fully saturated rings. The Hall–Kier alpha value is -1.58. The summed E-state index contributed by atoms with van der Waals surface area (Å²) in [5.74, 6) is -0.910. The Morgan fingerprint density at radius 1 is 1.32 bits per heavy atom. The molecule has 9 heteroatoms. The smallest absolute Gasteiger partial charge is 0.292 e. The number of nitro benzene ring substituents is 1. The molecule has 120 valence electrons. The summed E-state index contributed by atoms with van der Waals surface area (Å²) in [6, 6.07) is 2.98. The first-order chi connectivity index (χ1) is 10.3. The lowest BCUT2D eigenvalue weighted by molar-refractivity contribution is -0.388. The maximum absolute atomic E-state index is 14.0. The fourth-order valence-corrected chi connectivity index (χ4v) is 5.22. The van der Waals surface area contributed by atoms with E-state index in [4.69, 9.17) is 5.73 Å². The van der Waals surface area contributed by atoms with Gasteiger partial charge in [0.05, 0.1) is 4.92 Å². The van der Waals surface area contributed by atoms with Crippen LogP contribution in [0.2, 0.25) is 0 Å². The van der Waals surface area contributed by atoms with Gasteiger partial charge in [-0.15, -0.1) is 0 Å². The van der Waals surface area contributed by atoms with Crippen molar-refractivity contribution in [2.24, 2.45) is 17.6 Å². The highest BCUT2D eigenvalue weighted by Gasteiger charge is 2.47. The topological polar surface area (TPSA) is 107 Å². The first-order valence-electron chi connectivity index (χ1n) is 7.01. The second-order valence-electron chi connectivity index (χ2n) is 5.83. The number of hydrogen-bond acceptors (Lipinski definition) is 5. The summed E-state index contributed by atoms with van der Waals surface area (Å²) < 4.78 is 40.4. The SMILES string of the molecule is NC1CCC2CN(S(=O)(=O)c3c(F)cccc3[N+](=O)[O-])CC12. The van der Waals surface area contributed by atoms with E-state index in [1.807, 2.05) is 0 Å². The molecule has 3 rings (SSSR count). The van der Waals surface area contributed by atoms with Crippen LogP contribution in [-0.4, -0.2) is 36.8 Å². The lowest BCUT2D eigenvalue weighted by Crippen LogP contribution is -2.34. The molecule has 1 saturated heterocycles. The molecule has 1 aromatic carbocycles. The van der Waals surface area contributed by atoms with Crippen LogP contribution in [0.1, 0.15) is 12.8 Å². The van der Waals surface area contributed by atoms with E-state index >= 15 is 0 Å². The Morgan fingerprint density at radius 3 is 2.68 bits per heavy atom. The minimum atomic E-state index is -4.25. The molecule has 7 nitrogen and oxygen atoms in total. The van der Waals surface area contributed by atoms with Gasteiger partial charge in [0, 0.05) is 25.2 Å². The Balaban J connectivity index is 2.00. The molecule has 0 bridgehead atoms. The summed E-state index contributed by atoms with van der Waals surface area (Å²) in [6.07, 6.45) is 1.68. The lowest BCUT2D eigenvalue weighted by Gasteiger charge is -2.18. The van der Waals surface area contributed by atoms with E-state index in [1.165, 1.54) is 0 Å². The van der Waals surface area contributed by atoms with Crippen LogP contribution in [0, 0.1) is 27.8 Å². The highest BCUT2D eigenvalue weighted by Crippen LogP contribution is 2.40. The van der Waals surface area contributed by atoms with E-state index in [0.29, 0.717) is 0 Å². The van der Waals surface area contributed by atoms with Gasteiger partial charge < -0.3 is 5.73 Å². The zero-order valence-electron chi connectivity index (χ0n) is 11.7. The third kappa shape index (κ3) is 2.29. The van der Waals surface area contributed by atoms with Gasteiger partial charge in [-0.2, -0.15) is 4.31 Å². The molecular formula is C13H16FN3O4S. The molecule has 1 saturated carbocycles. The second kappa shape index (κ2) is 5.25. The van der Waals surface area contributed by atoms with Gasteiger partial charge in [-0.05, 0) is 30.7 Å². The van der Waals surface area contributed by atoms with Gasteiger partial charge >= 0.3 is 0 Å². The van der Waals surface area contributed by atoms with Crippen LogP contribution in [0.4, 0.5) is 10.1 Å². The van der Waals surface area contributed by atoms with Crippen molar-refractivity contribution in [2.45, 2.75) is 23.8 Å². The molecule has 3 atom stereocenters. The highest BCUT2D eigenvalue weighted by atomic mass is 32.2. The van der Waals surface area contributed by atoms with E-state index in [9.17, 15) is 22.9 Å². The molecule has 2 N–H and O–H groups in total. The fraction of sp³-hybridized carbons (Fsp3) is 0.538. The Bertz CT molecular complexity index is 724. The fourth-order valence-electron chi connectivity index (χ4n) is 3.49. The van der Waals surface area contributed by atoms with Crippen molar-refractivity contribution in [3.63, 3.8) is 0 Å². The van der Waals surface area contributed by atoms with Crippen LogP contribution < -0.4 is 5.73 Å². The van der Waals surface area contributed by atoms with Gasteiger partial charge in [-0.3, -0.25) is 10.1 Å². The molecule has 0 aromatic heterocycles. The third-order valence-electron chi connectivity index (χ3n) is 4.62. The molecule has 1 heterocycles. The number of nitrogens with zero attached hydrogens (tertiary/aromatic N) is 2. The average molecular weight is 329 g/mol. The van der Waals surface area contributed by atoms with Gasteiger partial charge in [0.1, 0.15) is 5.82 Å². The van der Waals surface area contributed by atoms with Gasteiger partial charge in [0.25, 0.3) is 15.7 Å². The molecule has 1 aliphatic heterocycles. The van der Waals surface area contributed by atoms with E-state index in [2.05, 4.69) is 0 Å². The van der Waals surface area contributed by atoms with Crippen LogP contribution >= 0.6 is 0 Å². The summed E-state index contributed by atoms with van der Waals surface area (Å²) >= 11 is 0. The van der Waals surface area contributed by atoms with E-state index in [-0.39, 0.29) is 31.0 Å². The summed E-state index contributed by atoms with van der Waals surface area (Å²) in [7, 11) is -4.25. The molecule has 0 radical (unpaired) electrons. The number of nitro groups is 1. The second-order valence-corrected chi connectivity index (χ2v) is 7.71. The van der Waals surface area contributed by atoms with Crippen LogP contribution in [0.5, 0.6) is 0 Å². The minimum absolute atomic E-state index is 0.0422. The number of sulfonamides is 1. The van der Waals surface area contributed by atoms with Crippen LogP contribution in [0.15, 0.2) is 23.1 Å². The Kier molecular flexibility index (Phi) is 3.66. The predicted molar refractivity (Wildman–Crippen MR) is 76.0 cm³/mol.